The minimum Gasteiger partial charge on any atom is -0.496 e. The fourth-order valence-corrected chi connectivity index (χ4v) is 2.22. The Morgan fingerprint density at radius 2 is 1.83 bits per heavy atom. The molecule has 0 spiro atoms. The van der Waals surface area contributed by atoms with E-state index in [9.17, 15) is 0 Å². The van der Waals surface area contributed by atoms with Crippen molar-refractivity contribution in [3.05, 3.63) is 42.0 Å². The van der Waals surface area contributed by atoms with E-state index in [0.717, 1.165) is 12.2 Å². The number of rotatable bonds is 4. The Hall–Kier alpha value is -1.54. The predicted octanol–water partition coefficient (Wildman–Crippen LogP) is 3.39. The molecule has 0 unspecified atom stereocenters. The van der Waals surface area contributed by atoms with Crippen LogP contribution in [0, 0.1) is 0 Å². The molecule has 0 aromatic heterocycles. The summed E-state index contributed by atoms with van der Waals surface area (Å²) in [6, 6.07) is 12.6. The normalized spacial score (nSPS) is 11.8. The smallest absolute Gasteiger partial charge is 0.122 e. The first kappa shape index (κ1) is 12.9. The fraction of sp³-hybridized carbons (Fsp3) is 0.375. The number of methoxy groups -OCH3 is 1. The lowest BCUT2D eigenvalue weighted by Gasteiger charge is -2.26. The summed E-state index contributed by atoms with van der Waals surface area (Å²) in [4.78, 5) is 0. The number of ether oxygens (including phenoxy) is 1. The van der Waals surface area contributed by atoms with Crippen LogP contribution >= 0.6 is 0 Å². The molecule has 2 heteroatoms. The average Bonchev–Trinajstić information content (AvgIpc) is 2.39. The van der Waals surface area contributed by atoms with Gasteiger partial charge < -0.3 is 10.1 Å². The second kappa shape index (κ2) is 4.99. The van der Waals surface area contributed by atoms with Crippen molar-refractivity contribution in [2.45, 2.75) is 25.8 Å². The first-order chi connectivity index (χ1) is 8.57. The molecule has 0 amide bonds. The van der Waals surface area contributed by atoms with E-state index in [1.165, 1.54) is 16.3 Å². The molecule has 0 saturated heterocycles. The van der Waals surface area contributed by atoms with E-state index in [-0.39, 0.29) is 5.54 Å². The van der Waals surface area contributed by atoms with Crippen LogP contribution in [0.4, 0.5) is 0 Å². The van der Waals surface area contributed by atoms with Crippen molar-refractivity contribution < 1.29 is 4.74 Å². The number of hydrogen-bond donors (Lipinski definition) is 1. The maximum absolute atomic E-state index is 5.52. The molecule has 0 fully saturated rings. The van der Waals surface area contributed by atoms with Gasteiger partial charge >= 0.3 is 0 Å². The van der Waals surface area contributed by atoms with E-state index in [2.05, 4.69) is 55.6 Å². The molecule has 18 heavy (non-hydrogen) atoms. The van der Waals surface area contributed by atoms with E-state index in [1.807, 2.05) is 7.05 Å². The van der Waals surface area contributed by atoms with Gasteiger partial charge in [-0.1, -0.05) is 30.3 Å². The molecule has 0 aliphatic carbocycles. The molecule has 0 bridgehead atoms. The van der Waals surface area contributed by atoms with Gasteiger partial charge in [-0.3, -0.25) is 0 Å². The van der Waals surface area contributed by atoms with Crippen molar-refractivity contribution in [2.24, 2.45) is 0 Å². The van der Waals surface area contributed by atoms with Crippen LogP contribution in [0.1, 0.15) is 19.4 Å². The van der Waals surface area contributed by atoms with Gasteiger partial charge in [-0.15, -0.1) is 0 Å². The summed E-state index contributed by atoms with van der Waals surface area (Å²) in [6.07, 6.45) is 0.939. The second-order valence-electron chi connectivity index (χ2n) is 5.28. The van der Waals surface area contributed by atoms with Gasteiger partial charge in [0.25, 0.3) is 0 Å². The van der Waals surface area contributed by atoms with Gasteiger partial charge in [-0.05, 0) is 44.2 Å². The summed E-state index contributed by atoms with van der Waals surface area (Å²) >= 11 is 0. The highest BCUT2D eigenvalue weighted by Gasteiger charge is 2.19. The largest absolute Gasteiger partial charge is 0.496 e. The Labute approximate surface area is 109 Å². The first-order valence-corrected chi connectivity index (χ1v) is 6.31. The topological polar surface area (TPSA) is 21.3 Å². The molecular weight excluding hydrogens is 222 g/mol. The fourth-order valence-electron chi connectivity index (χ4n) is 2.22. The maximum Gasteiger partial charge on any atom is 0.122 e. The van der Waals surface area contributed by atoms with E-state index in [4.69, 9.17) is 4.74 Å². The molecular formula is C16H21NO. The molecule has 0 aliphatic rings. The predicted molar refractivity (Wildman–Crippen MR) is 77.3 cm³/mol. The third-order valence-corrected chi connectivity index (χ3v) is 3.51. The number of hydrogen-bond acceptors (Lipinski definition) is 2. The second-order valence-corrected chi connectivity index (χ2v) is 5.28. The molecule has 2 nitrogen and oxygen atoms in total. The van der Waals surface area contributed by atoms with Crippen molar-refractivity contribution in [1.29, 1.82) is 0 Å². The summed E-state index contributed by atoms with van der Waals surface area (Å²) in [6.45, 7) is 4.41. The zero-order valence-corrected chi connectivity index (χ0v) is 11.6. The van der Waals surface area contributed by atoms with E-state index in [1.54, 1.807) is 7.11 Å². The van der Waals surface area contributed by atoms with Gasteiger partial charge in [0.2, 0.25) is 0 Å². The lowest BCUT2D eigenvalue weighted by atomic mass is 9.91. The van der Waals surface area contributed by atoms with Crippen molar-refractivity contribution >= 4 is 10.8 Å². The van der Waals surface area contributed by atoms with Gasteiger partial charge in [-0.2, -0.15) is 0 Å². The zero-order chi connectivity index (χ0) is 13.2. The molecule has 2 aromatic rings. The van der Waals surface area contributed by atoms with Crippen molar-refractivity contribution in [2.75, 3.05) is 14.2 Å². The summed E-state index contributed by atoms with van der Waals surface area (Å²) < 4.78 is 5.52. The Bertz CT molecular complexity index is 546. The van der Waals surface area contributed by atoms with Gasteiger partial charge in [0.05, 0.1) is 7.11 Å². The van der Waals surface area contributed by atoms with Crippen molar-refractivity contribution in [3.63, 3.8) is 0 Å². The van der Waals surface area contributed by atoms with Crippen molar-refractivity contribution in [3.8, 4) is 5.75 Å². The Balaban J connectivity index is 2.58. The molecule has 0 radical (unpaired) electrons. The van der Waals surface area contributed by atoms with Gasteiger partial charge in [0.15, 0.2) is 0 Å². The number of fused-ring (bicyclic) bond motifs is 1. The third-order valence-electron chi connectivity index (χ3n) is 3.51. The lowest BCUT2D eigenvalue weighted by Crippen LogP contribution is -2.38. The van der Waals surface area contributed by atoms with Gasteiger partial charge in [-0.25, -0.2) is 0 Å². The standard InChI is InChI=1S/C16H21NO/c1-16(2,17-3)11-14-13-8-6-5-7-12(13)9-10-15(14)18-4/h5-10,17H,11H2,1-4H3. The number of likely N-dealkylation sites (N-methyl/N-ethyl adjacent to an activating group) is 1. The molecule has 96 valence electrons. The van der Waals surface area contributed by atoms with Crippen LogP contribution in [-0.2, 0) is 6.42 Å². The highest BCUT2D eigenvalue weighted by atomic mass is 16.5. The monoisotopic (exact) mass is 243 g/mol. The van der Waals surface area contributed by atoms with E-state index in [0.29, 0.717) is 0 Å². The Morgan fingerprint density at radius 3 is 2.50 bits per heavy atom. The summed E-state index contributed by atoms with van der Waals surface area (Å²) in [5.74, 6) is 0.969. The molecule has 0 aliphatic heterocycles. The highest BCUT2D eigenvalue weighted by molar-refractivity contribution is 5.87. The molecule has 2 rings (SSSR count). The summed E-state index contributed by atoms with van der Waals surface area (Å²) in [5.41, 5.74) is 1.33. The van der Waals surface area contributed by atoms with Crippen LogP contribution < -0.4 is 10.1 Å². The Kier molecular flexibility index (Phi) is 3.58. The van der Waals surface area contributed by atoms with Crippen molar-refractivity contribution in [1.82, 2.24) is 5.32 Å². The molecule has 0 saturated carbocycles. The minimum atomic E-state index is 0.0530. The van der Waals surface area contributed by atoms with Gasteiger partial charge in [0.1, 0.15) is 5.75 Å². The van der Waals surface area contributed by atoms with Crippen LogP contribution in [0.25, 0.3) is 10.8 Å². The van der Waals surface area contributed by atoms with Gasteiger partial charge in [0, 0.05) is 11.1 Å². The van der Waals surface area contributed by atoms with Crippen LogP contribution in [-0.4, -0.2) is 19.7 Å². The van der Waals surface area contributed by atoms with Crippen LogP contribution in [0.15, 0.2) is 36.4 Å². The minimum absolute atomic E-state index is 0.0530. The van der Waals surface area contributed by atoms with Crippen LogP contribution in [0.3, 0.4) is 0 Å². The van der Waals surface area contributed by atoms with Crippen LogP contribution in [0.2, 0.25) is 0 Å². The lowest BCUT2D eigenvalue weighted by molar-refractivity contribution is 0.388. The van der Waals surface area contributed by atoms with Crippen LogP contribution in [0.5, 0.6) is 5.75 Å². The SMILES string of the molecule is CNC(C)(C)Cc1c(OC)ccc2ccccc12. The Morgan fingerprint density at radius 1 is 1.11 bits per heavy atom. The molecule has 1 N–H and O–H groups in total. The third kappa shape index (κ3) is 2.49. The summed E-state index contributed by atoms with van der Waals surface area (Å²) in [7, 11) is 3.73. The quantitative estimate of drug-likeness (QED) is 0.888. The average molecular weight is 243 g/mol. The molecule has 2 aromatic carbocycles. The molecule has 0 atom stereocenters. The van der Waals surface area contributed by atoms with E-state index < -0.39 is 0 Å². The maximum atomic E-state index is 5.52. The van der Waals surface area contributed by atoms with E-state index >= 15 is 0 Å². The zero-order valence-electron chi connectivity index (χ0n) is 11.6. The summed E-state index contributed by atoms with van der Waals surface area (Å²) in [5, 5.41) is 5.89. The highest BCUT2D eigenvalue weighted by Crippen LogP contribution is 2.30. The number of benzene rings is 2. The first-order valence-electron chi connectivity index (χ1n) is 6.31. The molecule has 0 heterocycles. The number of nitrogens with one attached hydrogen (secondary N) is 1.